The number of alkyl halides is 2. The fourth-order valence-electron chi connectivity index (χ4n) is 2.11. The number of carbonyl (C=O) groups is 2. The Morgan fingerprint density at radius 3 is 2.40 bits per heavy atom. The first-order valence-electron chi connectivity index (χ1n) is 6.62. The topological polar surface area (TPSA) is 64.6 Å². The Morgan fingerprint density at radius 1 is 1.35 bits per heavy atom. The van der Waals surface area contributed by atoms with Crippen molar-refractivity contribution in [2.45, 2.75) is 45.1 Å². The highest BCUT2D eigenvalue weighted by Gasteiger charge is 2.45. The van der Waals surface area contributed by atoms with Gasteiger partial charge < -0.3 is 14.8 Å². The van der Waals surface area contributed by atoms with Gasteiger partial charge in [-0.2, -0.15) is 0 Å². The van der Waals surface area contributed by atoms with Crippen LogP contribution < -0.4 is 5.32 Å². The molecule has 0 radical (unpaired) electrons. The van der Waals surface area contributed by atoms with Crippen LogP contribution in [0.5, 0.6) is 0 Å². The summed E-state index contributed by atoms with van der Waals surface area (Å²) in [6.07, 6.45) is -0.876. The molecule has 0 spiro atoms. The summed E-state index contributed by atoms with van der Waals surface area (Å²) in [6.45, 7) is 3.75. The number of esters is 1. The lowest BCUT2D eigenvalue weighted by molar-refractivity contribution is -0.143. The van der Waals surface area contributed by atoms with Gasteiger partial charge in [-0.1, -0.05) is 13.8 Å². The maximum atomic E-state index is 12.6. The lowest BCUT2D eigenvalue weighted by Crippen LogP contribution is -2.44. The number of ether oxygens (including phenoxy) is 2. The predicted molar refractivity (Wildman–Crippen MR) is 67.4 cm³/mol. The summed E-state index contributed by atoms with van der Waals surface area (Å²) in [5.74, 6) is -3.30. The van der Waals surface area contributed by atoms with E-state index in [2.05, 4.69) is 10.1 Å². The molecule has 0 heterocycles. The van der Waals surface area contributed by atoms with Crippen molar-refractivity contribution in [1.82, 2.24) is 5.32 Å². The molecule has 116 valence electrons. The van der Waals surface area contributed by atoms with Gasteiger partial charge in [0, 0.05) is 18.8 Å². The molecule has 1 rings (SSSR count). The van der Waals surface area contributed by atoms with Crippen LogP contribution in [0, 0.1) is 11.8 Å². The average molecular weight is 293 g/mol. The molecular weight excluding hydrogens is 272 g/mol. The van der Waals surface area contributed by atoms with E-state index in [-0.39, 0.29) is 31.3 Å². The van der Waals surface area contributed by atoms with Crippen LogP contribution in [-0.4, -0.2) is 37.7 Å². The standard InChI is InChI=1S/C13H21F2NO4/c1-8(2)4-10(11(17)19-3)16-12(18)20-7-9-5-13(14,15)6-9/h8-10H,4-7H2,1-3H3,(H,16,18)/t10-/m0/s1. The molecule has 0 aromatic carbocycles. The smallest absolute Gasteiger partial charge is 0.407 e. The Labute approximate surface area is 117 Å². The van der Waals surface area contributed by atoms with E-state index in [9.17, 15) is 18.4 Å². The maximum Gasteiger partial charge on any atom is 0.407 e. The molecule has 1 aliphatic carbocycles. The highest BCUT2D eigenvalue weighted by atomic mass is 19.3. The third-order valence-electron chi connectivity index (χ3n) is 3.11. The predicted octanol–water partition coefficient (Wildman–Crippen LogP) is 2.35. The van der Waals surface area contributed by atoms with Crippen LogP contribution in [0.15, 0.2) is 0 Å². The largest absolute Gasteiger partial charge is 0.467 e. The van der Waals surface area contributed by atoms with Crippen LogP contribution in [0.1, 0.15) is 33.1 Å². The van der Waals surface area contributed by atoms with Crippen LogP contribution in [-0.2, 0) is 14.3 Å². The van der Waals surface area contributed by atoms with Crippen molar-refractivity contribution in [2.75, 3.05) is 13.7 Å². The van der Waals surface area contributed by atoms with Crippen LogP contribution in [0.25, 0.3) is 0 Å². The summed E-state index contributed by atoms with van der Waals surface area (Å²) in [7, 11) is 1.24. The minimum atomic E-state index is -2.63. The molecule has 1 saturated carbocycles. The molecule has 7 heteroatoms. The van der Waals surface area contributed by atoms with E-state index in [4.69, 9.17) is 4.74 Å². The minimum Gasteiger partial charge on any atom is -0.467 e. The van der Waals surface area contributed by atoms with Crippen molar-refractivity contribution in [1.29, 1.82) is 0 Å². The van der Waals surface area contributed by atoms with Gasteiger partial charge in [-0.05, 0) is 12.3 Å². The molecule has 0 saturated heterocycles. The Balaban J connectivity index is 2.32. The Kier molecular flexibility index (Phi) is 5.71. The first kappa shape index (κ1) is 16.7. The molecule has 1 fully saturated rings. The van der Waals surface area contributed by atoms with Crippen molar-refractivity contribution in [3.05, 3.63) is 0 Å². The molecule has 0 aromatic rings. The number of hydrogen-bond acceptors (Lipinski definition) is 4. The van der Waals surface area contributed by atoms with Gasteiger partial charge in [-0.25, -0.2) is 18.4 Å². The van der Waals surface area contributed by atoms with Gasteiger partial charge in [0.05, 0.1) is 13.7 Å². The number of carbonyl (C=O) groups excluding carboxylic acids is 2. The van der Waals surface area contributed by atoms with Crippen LogP contribution in [0.4, 0.5) is 13.6 Å². The molecule has 1 aliphatic rings. The van der Waals surface area contributed by atoms with E-state index in [1.54, 1.807) is 0 Å². The van der Waals surface area contributed by atoms with Gasteiger partial charge in [-0.3, -0.25) is 0 Å². The molecule has 1 amide bonds. The summed E-state index contributed by atoms with van der Waals surface area (Å²) in [5, 5.41) is 2.40. The van der Waals surface area contributed by atoms with Crippen molar-refractivity contribution in [2.24, 2.45) is 11.8 Å². The summed E-state index contributed by atoms with van der Waals surface area (Å²) in [4.78, 5) is 23.0. The van der Waals surface area contributed by atoms with Gasteiger partial charge in [0.1, 0.15) is 6.04 Å². The Morgan fingerprint density at radius 2 is 1.95 bits per heavy atom. The van der Waals surface area contributed by atoms with Crippen molar-refractivity contribution in [3.63, 3.8) is 0 Å². The summed E-state index contributed by atoms with van der Waals surface area (Å²) in [5.41, 5.74) is 0. The maximum absolute atomic E-state index is 12.6. The van der Waals surface area contributed by atoms with E-state index in [1.807, 2.05) is 13.8 Å². The van der Waals surface area contributed by atoms with Gasteiger partial charge in [0.2, 0.25) is 5.92 Å². The number of nitrogens with one attached hydrogen (secondary N) is 1. The number of methoxy groups -OCH3 is 1. The molecule has 1 atom stereocenters. The number of halogens is 2. The second-order valence-electron chi connectivity index (χ2n) is 5.58. The van der Waals surface area contributed by atoms with Crippen molar-refractivity contribution >= 4 is 12.1 Å². The average Bonchev–Trinajstić information content (AvgIpc) is 2.31. The lowest BCUT2D eigenvalue weighted by atomic mass is 9.82. The second-order valence-corrected chi connectivity index (χ2v) is 5.58. The fraction of sp³-hybridized carbons (Fsp3) is 0.846. The lowest BCUT2D eigenvalue weighted by Gasteiger charge is -2.34. The molecule has 0 unspecified atom stereocenters. The molecule has 1 N–H and O–H groups in total. The number of amides is 1. The van der Waals surface area contributed by atoms with Gasteiger partial charge in [0.25, 0.3) is 0 Å². The van der Waals surface area contributed by atoms with E-state index in [0.717, 1.165) is 0 Å². The molecule has 20 heavy (non-hydrogen) atoms. The van der Waals surface area contributed by atoms with Crippen molar-refractivity contribution < 1.29 is 27.8 Å². The SMILES string of the molecule is COC(=O)[C@H](CC(C)C)NC(=O)OCC1CC(F)(F)C1. The van der Waals surface area contributed by atoms with Crippen LogP contribution in [0.3, 0.4) is 0 Å². The molecular formula is C13H21F2NO4. The summed E-state index contributed by atoms with van der Waals surface area (Å²) < 4.78 is 34.6. The highest BCUT2D eigenvalue weighted by Crippen LogP contribution is 2.42. The van der Waals surface area contributed by atoms with E-state index in [0.29, 0.717) is 6.42 Å². The number of rotatable bonds is 6. The molecule has 0 bridgehead atoms. The van der Waals surface area contributed by atoms with Crippen LogP contribution in [0.2, 0.25) is 0 Å². The fourth-order valence-corrected chi connectivity index (χ4v) is 2.11. The number of hydrogen-bond donors (Lipinski definition) is 1. The first-order chi connectivity index (χ1) is 9.23. The van der Waals surface area contributed by atoms with Gasteiger partial charge in [-0.15, -0.1) is 0 Å². The third-order valence-corrected chi connectivity index (χ3v) is 3.11. The molecule has 0 aliphatic heterocycles. The highest BCUT2D eigenvalue weighted by molar-refractivity contribution is 5.81. The molecule has 0 aromatic heterocycles. The second kappa shape index (κ2) is 6.85. The van der Waals surface area contributed by atoms with Crippen molar-refractivity contribution in [3.8, 4) is 0 Å². The minimum absolute atomic E-state index is 0.0585. The normalized spacial score (nSPS) is 19.1. The third kappa shape index (κ3) is 5.30. The quantitative estimate of drug-likeness (QED) is 0.763. The Bertz CT molecular complexity index is 352. The zero-order chi connectivity index (χ0) is 15.3. The molecule has 5 nitrogen and oxygen atoms in total. The van der Waals surface area contributed by atoms with Gasteiger partial charge in [0.15, 0.2) is 0 Å². The van der Waals surface area contributed by atoms with E-state index < -0.39 is 24.0 Å². The van der Waals surface area contributed by atoms with E-state index in [1.165, 1.54) is 7.11 Å². The monoisotopic (exact) mass is 293 g/mol. The van der Waals surface area contributed by atoms with E-state index >= 15 is 0 Å². The van der Waals surface area contributed by atoms with Gasteiger partial charge >= 0.3 is 12.1 Å². The first-order valence-corrected chi connectivity index (χ1v) is 6.62. The zero-order valence-corrected chi connectivity index (χ0v) is 11.9. The summed E-state index contributed by atoms with van der Waals surface area (Å²) >= 11 is 0. The summed E-state index contributed by atoms with van der Waals surface area (Å²) in [6, 6.07) is -0.782. The Hall–Kier alpha value is -1.40. The zero-order valence-electron chi connectivity index (χ0n) is 11.9. The number of alkyl carbamates (subject to hydrolysis) is 1. The van der Waals surface area contributed by atoms with Crippen LogP contribution >= 0.6 is 0 Å².